The van der Waals surface area contributed by atoms with Gasteiger partial charge in [0.25, 0.3) is 0 Å². The molecule has 0 aliphatic carbocycles. The number of methoxy groups -OCH3 is 1. The maximum atomic E-state index is 12.2. The van der Waals surface area contributed by atoms with Crippen LogP contribution in [-0.2, 0) is 24.3 Å². The summed E-state index contributed by atoms with van der Waals surface area (Å²) in [4.78, 5) is 12.2. The molecule has 0 fully saturated rings. The Balaban J connectivity index is 1.76. The summed E-state index contributed by atoms with van der Waals surface area (Å²) in [7, 11) is 1.64. The van der Waals surface area contributed by atoms with Gasteiger partial charge in [0.2, 0.25) is 5.91 Å². The molecule has 0 saturated carbocycles. The molecule has 21 heavy (non-hydrogen) atoms. The van der Waals surface area contributed by atoms with E-state index in [0.717, 1.165) is 30.1 Å². The van der Waals surface area contributed by atoms with Gasteiger partial charge in [-0.1, -0.05) is 18.2 Å². The number of rotatable bonds is 4. The van der Waals surface area contributed by atoms with Crippen molar-refractivity contribution in [2.75, 3.05) is 12.4 Å². The van der Waals surface area contributed by atoms with Gasteiger partial charge in [0.05, 0.1) is 13.5 Å². The number of fused-ring (bicyclic) bond motifs is 1. The van der Waals surface area contributed by atoms with E-state index < -0.39 is 0 Å². The number of carbonyl (C=O) groups is 1. The summed E-state index contributed by atoms with van der Waals surface area (Å²) in [5, 5.41) is 6.20. The summed E-state index contributed by atoms with van der Waals surface area (Å²) < 4.78 is 5.41. The van der Waals surface area contributed by atoms with Crippen molar-refractivity contribution in [3.05, 3.63) is 59.2 Å². The van der Waals surface area contributed by atoms with E-state index in [1.807, 2.05) is 36.4 Å². The molecule has 4 nitrogen and oxygen atoms in total. The van der Waals surface area contributed by atoms with Gasteiger partial charge in [-0.05, 0) is 35.4 Å². The summed E-state index contributed by atoms with van der Waals surface area (Å²) in [6.45, 7) is 1.72. The third-order valence-corrected chi connectivity index (χ3v) is 3.64. The zero-order valence-corrected chi connectivity index (χ0v) is 12.0. The van der Waals surface area contributed by atoms with Crippen LogP contribution in [0.5, 0.6) is 5.75 Å². The summed E-state index contributed by atoms with van der Waals surface area (Å²) in [5.74, 6) is 0.742. The third kappa shape index (κ3) is 3.06. The first kappa shape index (κ1) is 13.6. The summed E-state index contributed by atoms with van der Waals surface area (Å²) in [6, 6.07) is 13.6. The van der Waals surface area contributed by atoms with Crippen LogP contribution in [-0.4, -0.2) is 13.0 Å². The van der Waals surface area contributed by atoms with E-state index in [9.17, 15) is 4.79 Å². The SMILES string of the molecule is COc1cc2c(cc1CC(=O)Nc1ccccc1)CNC2. The van der Waals surface area contributed by atoms with Crippen LogP contribution in [0.3, 0.4) is 0 Å². The highest BCUT2D eigenvalue weighted by atomic mass is 16.5. The van der Waals surface area contributed by atoms with Crippen LogP contribution in [0.1, 0.15) is 16.7 Å². The van der Waals surface area contributed by atoms with Crippen LogP contribution in [0.4, 0.5) is 5.69 Å². The Morgan fingerprint density at radius 2 is 1.90 bits per heavy atom. The second kappa shape index (κ2) is 5.97. The van der Waals surface area contributed by atoms with Crippen molar-refractivity contribution in [3.8, 4) is 5.75 Å². The highest BCUT2D eigenvalue weighted by Crippen LogP contribution is 2.27. The fraction of sp³-hybridized carbons (Fsp3) is 0.235. The van der Waals surface area contributed by atoms with Gasteiger partial charge in [-0.2, -0.15) is 0 Å². The summed E-state index contributed by atoms with van der Waals surface area (Å²) >= 11 is 0. The molecule has 0 unspecified atom stereocenters. The largest absolute Gasteiger partial charge is 0.496 e. The minimum atomic E-state index is -0.0367. The van der Waals surface area contributed by atoms with E-state index in [2.05, 4.69) is 16.7 Å². The van der Waals surface area contributed by atoms with Crippen molar-refractivity contribution in [1.82, 2.24) is 5.32 Å². The first-order chi connectivity index (χ1) is 10.3. The highest BCUT2D eigenvalue weighted by molar-refractivity contribution is 5.92. The van der Waals surface area contributed by atoms with Gasteiger partial charge in [0.1, 0.15) is 5.75 Å². The number of anilines is 1. The molecular weight excluding hydrogens is 264 g/mol. The van der Waals surface area contributed by atoms with Gasteiger partial charge < -0.3 is 15.4 Å². The number of nitrogens with one attached hydrogen (secondary N) is 2. The van der Waals surface area contributed by atoms with Crippen molar-refractivity contribution < 1.29 is 9.53 Å². The third-order valence-electron chi connectivity index (χ3n) is 3.64. The lowest BCUT2D eigenvalue weighted by atomic mass is 10.0. The summed E-state index contributed by atoms with van der Waals surface area (Å²) in [5.41, 5.74) is 4.23. The molecule has 3 rings (SSSR count). The number of hydrogen-bond donors (Lipinski definition) is 2. The lowest BCUT2D eigenvalue weighted by molar-refractivity contribution is -0.115. The smallest absolute Gasteiger partial charge is 0.228 e. The van der Waals surface area contributed by atoms with Crippen molar-refractivity contribution in [2.24, 2.45) is 0 Å². The molecule has 1 aliphatic rings. The first-order valence-electron chi connectivity index (χ1n) is 7.00. The Hall–Kier alpha value is -2.33. The molecular formula is C17H18N2O2. The molecule has 1 heterocycles. The van der Waals surface area contributed by atoms with Gasteiger partial charge in [0, 0.05) is 24.3 Å². The van der Waals surface area contributed by atoms with Gasteiger partial charge in [-0.3, -0.25) is 4.79 Å². The quantitative estimate of drug-likeness (QED) is 0.906. The Morgan fingerprint density at radius 3 is 2.62 bits per heavy atom. The number of amides is 1. The molecule has 1 aliphatic heterocycles. The molecule has 108 valence electrons. The number of benzene rings is 2. The molecule has 0 atom stereocenters. The molecule has 2 aromatic rings. The number of ether oxygens (including phenoxy) is 1. The number of para-hydroxylation sites is 1. The minimum Gasteiger partial charge on any atom is -0.496 e. The average Bonchev–Trinajstić information content (AvgIpc) is 2.94. The zero-order chi connectivity index (χ0) is 14.7. The van der Waals surface area contributed by atoms with Crippen LogP contribution < -0.4 is 15.4 Å². The topological polar surface area (TPSA) is 50.4 Å². The summed E-state index contributed by atoms with van der Waals surface area (Å²) in [6.07, 6.45) is 0.311. The molecule has 0 saturated heterocycles. The maximum absolute atomic E-state index is 12.2. The highest BCUT2D eigenvalue weighted by Gasteiger charge is 2.16. The Labute approximate surface area is 124 Å². The van der Waals surface area contributed by atoms with E-state index in [0.29, 0.717) is 6.42 Å². The predicted octanol–water partition coefficient (Wildman–Crippen LogP) is 2.48. The Kier molecular flexibility index (Phi) is 3.88. The second-order valence-corrected chi connectivity index (χ2v) is 5.13. The normalized spacial score (nSPS) is 12.8. The van der Waals surface area contributed by atoms with E-state index >= 15 is 0 Å². The second-order valence-electron chi connectivity index (χ2n) is 5.13. The fourth-order valence-electron chi connectivity index (χ4n) is 2.61. The molecule has 4 heteroatoms. The van der Waals surface area contributed by atoms with Crippen molar-refractivity contribution in [2.45, 2.75) is 19.5 Å². The van der Waals surface area contributed by atoms with Crippen LogP contribution in [0.15, 0.2) is 42.5 Å². The van der Waals surface area contributed by atoms with Gasteiger partial charge in [0.15, 0.2) is 0 Å². The molecule has 2 N–H and O–H groups in total. The van der Waals surface area contributed by atoms with Crippen LogP contribution >= 0.6 is 0 Å². The van der Waals surface area contributed by atoms with Crippen molar-refractivity contribution >= 4 is 11.6 Å². The standard InChI is InChI=1S/C17H18N2O2/c1-21-16-8-14-11-18-10-13(14)7-12(16)9-17(20)19-15-5-3-2-4-6-15/h2-8,18H,9-11H2,1H3,(H,19,20). The van der Waals surface area contributed by atoms with Crippen LogP contribution in [0.2, 0.25) is 0 Å². The monoisotopic (exact) mass is 282 g/mol. The first-order valence-corrected chi connectivity index (χ1v) is 7.00. The number of carbonyl (C=O) groups excluding carboxylic acids is 1. The molecule has 0 radical (unpaired) electrons. The van der Waals surface area contributed by atoms with E-state index in [1.54, 1.807) is 7.11 Å². The van der Waals surface area contributed by atoms with Gasteiger partial charge in [-0.25, -0.2) is 0 Å². The number of hydrogen-bond acceptors (Lipinski definition) is 3. The van der Waals surface area contributed by atoms with Gasteiger partial charge in [-0.15, -0.1) is 0 Å². The zero-order valence-electron chi connectivity index (χ0n) is 12.0. The molecule has 1 amide bonds. The van der Waals surface area contributed by atoms with E-state index in [4.69, 9.17) is 4.74 Å². The van der Waals surface area contributed by atoms with Crippen molar-refractivity contribution in [1.29, 1.82) is 0 Å². The molecule has 2 aromatic carbocycles. The Bertz CT molecular complexity index is 653. The molecule has 0 bridgehead atoms. The average molecular weight is 282 g/mol. The maximum Gasteiger partial charge on any atom is 0.228 e. The Morgan fingerprint density at radius 1 is 1.19 bits per heavy atom. The van der Waals surface area contributed by atoms with Crippen molar-refractivity contribution in [3.63, 3.8) is 0 Å². The van der Waals surface area contributed by atoms with E-state index in [1.165, 1.54) is 11.1 Å². The predicted molar refractivity (Wildman–Crippen MR) is 82.3 cm³/mol. The lowest BCUT2D eigenvalue weighted by Crippen LogP contribution is -2.15. The van der Waals surface area contributed by atoms with Gasteiger partial charge >= 0.3 is 0 Å². The lowest BCUT2D eigenvalue weighted by Gasteiger charge is -2.11. The van der Waals surface area contributed by atoms with Crippen LogP contribution in [0.25, 0.3) is 0 Å². The van der Waals surface area contributed by atoms with E-state index in [-0.39, 0.29) is 5.91 Å². The molecule has 0 spiro atoms. The fourth-order valence-corrected chi connectivity index (χ4v) is 2.61. The van der Waals surface area contributed by atoms with Crippen LogP contribution in [0, 0.1) is 0 Å². The molecule has 0 aromatic heterocycles. The minimum absolute atomic E-state index is 0.0367.